The predicted octanol–water partition coefficient (Wildman–Crippen LogP) is 3.38. The minimum absolute atomic E-state index is 0.192. The zero-order valence-electron chi connectivity index (χ0n) is 11.6. The number of nitrogens with one attached hydrogen (secondary N) is 1. The number of nitrogen functional groups attached to an aromatic ring is 1. The number of amides is 1. The average molecular weight is 277 g/mol. The third-order valence-electron chi connectivity index (χ3n) is 3.38. The average Bonchev–Trinajstić information content (AvgIpc) is 2.50. The smallest absolute Gasteiger partial charge is 0.257 e. The van der Waals surface area contributed by atoms with E-state index in [1.807, 2.05) is 55.5 Å². The number of carbonyl (C=O) groups excluding carboxylic acids is 1. The van der Waals surface area contributed by atoms with Gasteiger partial charge in [-0.2, -0.15) is 0 Å². The number of aromatic nitrogens is 1. The molecule has 0 aliphatic carbocycles. The number of aryl methyl sites for hydroxylation is 1. The minimum Gasteiger partial charge on any atom is -0.383 e. The summed E-state index contributed by atoms with van der Waals surface area (Å²) >= 11 is 0. The zero-order valence-corrected chi connectivity index (χ0v) is 11.6. The first-order chi connectivity index (χ1) is 10.1. The van der Waals surface area contributed by atoms with Crippen LogP contribution in [0.2, 0.25) is 0 Å². The first-order valence-corrected chi connectivity index (χ1v) is 6.66. The van der Waals surface area contributed by atoms with E-state index in [4.69, 9.17) is 5.73 Å². The number of fused-ring (bicyclic) bond motifs is 1. The van der Waals surface area contributed by atoms with Gasteiger partial charge in [0.2, 0.25) is 0 Å². The lowest BCUT2D eigenvalue weighted by Gasteiger charge is -2.09. The van der Waals surface area contributed by atoms with Crippen molar-refractivity contribution in [3.63, 3.8) is 0 Å². The summed E-state index contributed by atoms with van der Waals surface area (Å²) in [6.07, 6.45) is 1.52. The highest BCUT2D eigenvalue weighted by Crippen LogP contribution is 2.23. The molecule has 0 saturated heterocycles. The molecule has 0 radical (unpaired) electrons. The fourth-order valence-corrected chi connectivity index (χ4v) is 2.23. The van der Waals surface area contributed by atoms with Gasteiger partial charge in [-0.1, -0.05) is 42.0 Å². The summed E-state index contributed by atoms with van der Waals surface area (Å²) in [5.41, 5.74) is 8.27. The molecule has 1 aromatic heterocycles. The largest absolute Gasteiger partial charge is 0.383 e. The highest BCUT2D eigenvalue weighted by atomic mass is 16.1. The number of pyridine rings is 1. The van der Waals surface area contributed by atoms with Crippen LogP contribution < -0.4 is 11.1 Å². The first kappa shape index (κ1) is 13.1. The SMILES string of the molecule is Cc1ccc(NC(=O)c2cnc(N)c3ccccc23)cc1. The molecule has 3 aromatic rings. The Morgan fingerprint density at radius 3 is 2.43 bits per heavy atom. The van der Waals surface area contributed by atoms with E-state index in [1.165, 1.54) is 6.20 Å². The van der Waals surface area contributed by atoms with E-state index in [-0.39, 0.29) is 5.91 Å². The van der Waals surface area contributed by atoms with Gasteiger partial charge in [0.15, 0.2) is 0 Å². The molecule has 0 aliphatic heterocycles. The van der Waals surface area contributed by atoms with Crippen LogP contribution in [0.15, 0.2) is 54.7 Å². The summed E-state index contributed by atoms with van der Waals surface area (Å²) in [6, 6.07) is 15.1. The Bertz CT molecular complexity index is 810. The molecule has 1 amide bonds. The normalized spacial score (nSPS) is 10.5. The van der Waals surface area contributed by atoms with Crippen molar-refractivity contribution in [2.45, 2.75) is 6.92 Å². The summed E-state index contributed by atoms with van der Waals surface area (Å²) in [7, 11) is 0. The van der Waals surface area contributed by atoms with Gasteiger partial charge in [0.1, 0.15) is 5.82 Å². The van der Waals surface area contributed by atoms with Crippen LogP contribution >= 0.6 is 0 Å². The van der Waals surface area contributed by atoms with Gasteiger partial charge in [0.25, 0.3) is 5.91 Å². The number of rotatable bonds is 2. The van der Waals surface area contributed by atoms with Crippen LogP contribution in [0.4, 0.5) is 11.5 Å². The Morgan fingerprint density at radius 1 is 1.05 bits per heavy atom. The Labute approximate surface area is 122 Å². The fourth-order valence-electron chi connectivity index (χ4n) is 2.23. The molecule has 0 atom stereocenters. The topological polar surface area (TPSA) is 68.0 Å². The second kappa shape index (κ2) is 5.25. The van der Waals surface area contributed by atoms with Gasteiger partial charge < -0.3 is 11.1 Å². The molecule has 21 heavy (non-hydrogen) atoms. The maximum Gasteiger partial charge on any atom is 0.257 e. The molecule has 4 heteroatoms. The maximum atomic E-state index is 12.4. The number of nitrogens with two attached hydrogens (primary N) is 1. The van der Waals surface area contributed by atoms with Crippen LogP contribution in [0.5, 0.6) is 0 Å². The molecule has 0 fully saturated rings. The lowest BCUT2D eigenvalue weighted by Crippen LogP contribution is -2.13. The van der Waals surface area contributed by atoms with Crippen LogP contribution in [0, 0.1) is 6.92 Å². The molecule has 0 spiro atoms. The molecular formula is C17H15N3O. The summed E-state index contributed by atoms with van der Waals surface area (Å²) < 4.78 is 0. The highest BCUT2D eigenvalue weighted by molar-refractivity contribution is 6.14. The fraction of sp³-hybridized carbons (Fsp3) is 0.0588. The van der Waals surface area contributed by atoms with Crippen LogP contribution in [-0.4, -0.2) is 10.9 Å². The molecule has 3 N–H and O–H groups in total. The van der Waals surface area contributed by atoms with Gasteiger partial charge in [-0.15, -0.1) is 0 Å². The predicted molar refractivity (Wildman–Crippen MR) is 85.3 cm³/mol. The Balaban J connectivity index is 1.98. The number of benzene rings is 2. The van der Waals surface area contributed by atoms with Gasteiger partial charge in [-0.05, 0) is 24.4 Å². The van der Waals surface area contributed by atoms with Crippen LogP contribution in [-0.2, 0) is 0 Å². The van der Waals surface area contributed by atoms with Crippen molar-refractivity contribution in [3.05, 3.63) is 65.9 Å². The summed E-state index contributed by atoms with van der Waals surface area (Å²) in [6.45, 7) is 2.00. The number of hydrogen-bond acceptors (Lipinski definition) is 3. The van der Waals surface area contributed by atoms with Crippen LogP contribution in [0.1, 0.15) is 15.9 Å². The number of carbonyl (C=O) groups is 1. The van der Waals surface area contributed by atoms with E-state index in [0.29, 0.717) is 11.4 Å². The van der Waals surface area contributed by atoms with E-state index < -0.39 is 0 Å². The number of anilines is 2. The van der Waals surface area contributed by atoms with Crippen molar-refractivity contribution >= 4 is 28.2 Å². The number of nitrogens with zero attached hydrogens (tertiary/aromatic N) is 1. The molecule has 104 valence electrons. The number of hydrogen-bond donors (Lipinski definition) is 2. The van der Waals surface area contributed by atoms with E-state index >= 15 is 0 Å². The van der Waals surface area contributed by atoms with Crippen molar-refractivity contribution < 1.29 is 4.79 Å². The van der Waals surface area contributed by atoms with Gasteiger partial charge in [0, 0.05) is 17.3 Å². The van der Waals surface area contributed by atoms with Crippen molar-refractivity contribution in [3.8, 4) is 0 Å². The maximum absolute atomic E-state index is 12.4. The molecule has 1 heterocycles. The van der Waals surface area contributed by atoms with Crippen molar-refractivity contribution in [2.75, 3.05) is 11.1 Å². The Morgan fingerprint density at radius 2 is 1.71 bits per heavy atom. The summed E-state index contributed by atoms with van der Waals surface area (Å²) in [4.78, 5) is 16.5. The first-order valence-electron chi connectivity index (χ1n) is 6.66. The molecule has 0 unspecified atom stereocenters. The molecular weight excluding hydrogens is 262 g/mol. The van der Waals surface area contributed by atoms with E-state index in [1.54, 1.807) is 0 Å². The monoisotopic (exact) mass is 277 g/mol. The van der Waals surface area contributed by atoms with Gasteiger partial charge in [-0.25, -0.2) is 4.98 Å². The molecule has 3 rings (SSSR count). The molecule has 0 bridgehead atoms. The third kappa shape index (κ3) is 2.56. The standard InChI is InChI=1S/C17H15N3O/c1-11-6-8-12(9-7-11)20-17(21)15-10-19-16(18)14-5-3-2-4-13(14)15/h2-10H,1H3,(H2,18,19)(H,20,21). The summed E-state index contributed by atoms with van der Waals surface area (Å²) in [5.74, 6) is 0.236. The van der Waals surface area contributed by atoms with Crippen LogP contribution in [0.25, 0.3) is 10.8 Å². The van der Waals surface area contributed by atoms with Crippen molar-refractivity contribution in [1.29, 1.82) is 0 Å². The van der Waals surface area contributed by atoms with Gasteiger partial charge in [-0.3, -0.25) is 4.79 Å². The van der Waals surface area contributed by atoms with E-state index in [0.717, 1.165) is 22.0 Å². The quantitative estimate of drug-likeness (QED) is 0.754. The molecule has 0 aliphatic rings. The summed E-state index contributed by atoms with van der Waals surface area (Å²) in [5, 5.41) is 4.46. The second-order valence-electron chi connectivity index (χ2n) is 4.92. The van der Waals surface area contributed by atoms with Crippen LogP contribution in [0.3, 0.4) is 0 Å². The Kier molecular flexibility index (Phi) is 3.28. The van der Waals surface area contributed by atoms with E-state index in [2.05, 4.69) is 10.3 Å². The van der Waals surface area contributed by atoms with Gasteiger partial charge >= 0.3 is 0 Å². The Hall–Kier alpha value is -2.88. The second-order valence-corrected chi connectivity index (χ2v) is 4.92. The zero-order chi connectivity index (χ0) is 14.8. The molecule has 4 nitrogen and oxygen atoms in total. The lowest BCUT2D eigenvalue weighted by atomic mass is 10.1. The van der Waals surface area contributed by atoms with Crippen molar-refractivity contribution in [1.82, 2.24) is 4.98 Å². The van der Waals surface area contributed by atoms with E-state index in [9.17, 15) is 4.79 Å². The molecule has 2 aromatic carbocycles. The van der Waals surface area contributed by atoms with Gasteiger partial charge in [0.05, 0.1) is 5.56 Å². The third-order valence-corrected chi connectivity index (χ3v) is 3.38. The lowest BCUT2D eigenvalue weighted by molar-refractivity contribution is 0.102. The molecule has 0 saturated carbocycles. The highest BCUT2D eigenvalue weighted by Gasteiger charge is 2.12. The van der Waals surface area contributed by atoms with Crippen molar-refractivity contribution in [2.24, 2.45) is 0 Å². The minimum atomic E-state index is -0.192.